The zero-order chi connectivity index (χ0) is 16.2. The lowest BCUT2D eigenvalue weighted by atomic mass is 10.2. The number of rotatable bonds is 9. The Morgan fingerprint density at radius 3 is 2.68 bits per heavy atom. The third-order valence-electron chi connectivity index (χ3n) is 2.98. The van der Waals surface area contributed by atoms with Gasteiger partial charge in [-0.25, -0.2) is 9.38 Å². The van der Waals surface area contributed by atoms with Gasteiger partial charge in [0, 0.05) is 20.2 Å². The Hall–Kier alpha value is -1.82. The summed E-state index contributed by atoms with van der Waals surface area (Å²) in [6, 6.07) is 6.42. The number of hydrogen-bond acceptors (Lipinski definition) is 3. The molecule has 124 valence electrons. The Morgan fingerprint density at radius 1 is 1.27 bits per heavy atom. The van der Waals surface area contributed by atoms with Gasteiger partial charge in [-0.3, -0.25) is 0 Å². The van der Waals surface area contributed by atoms with Gasteiger partial charge in [-0.15, -0.1) is 0 Å². The van der Waals surface area contributed by atoms with E-state index in [2.05, 4.69) is 15.6 Å². The highest BCUT2D eigenvalue weighted by atomic mass is 19.1. The maximum Gasteiger partial charge on any atom is 0.191 e. The van der Waals surface area contributed by atoms with E-state index < -0.39 is 0 Å². The second kappa shape index (κ2) is 10.8. The minimum absolute atomic E-state index is 0.171. The Balaban J connectivity index is 2.58. The lowest BCUT2D eigenvalue weighted by Gasteiger charge is -2.17. The molecule has 0 aromatic heterocycles. The van der Waals surface area contributed by atoms with E-state index in [0.29, 0.717) is 25.7 Å². The number of aliphatic imine (C=N–C) groups is 1. The van der Waals surface area contributed by atoms with Crippen LogP contribution in [-0.2, 0) is 4.74 Å². The van der Waals surface area contributed by atoms with Crippen molar-refractivity contribution in [1.82, 2.24) is 10.6 Å². The molecule has 0 saturated carbocycles. The summed E-state index contributed by atoms with van der Waals surface area (Å²) in [5.41, 5.74) is 0. The van der Waals surface area contributed by atoms with Gasteiger partial charge >= 0.3 is 0 Å². The molecule has 0 aliphatic heterocycles. The maximum atomic E-state index is 13.6. The molecule has 0 aliphatic rings. The zero-order valence-corrected chi connectivity index (χ0v) is 13.6. The first-order valence-corrected chi connectivity index (χ1v) is 7.63. The van der Waals surface area contributed by atoms with Crippen LogP contribution in [0.5, 0.6) is 5.75 Å². The van der Waals surface area contributed by atoms with Crippen molar-refractivity contribution in [2.75, 3.05) is 33.4 Å². The fraction of sp³-hybridized carbons (Fsp3) is 0.562. The molecule has 1 aromatic rings. The summed E-state index contributed by atoms with van der Waals surface area (Å²) in [7, 11) is 1.65. The molecule has 0 heterocycles. The maximum absolute atomic E-state index is 13.6. The number of para-hydroxylation sites is 1. The fourth-order valence-corrected chi connectivity index (χ4v) is 1.78. The first kappa shape index (κ1) is 18.2. The molecule has 0 spiro atoms. The van der Waals surface area contributed by atoms with E-state index in [4.69, 9.17) is 9.47 Å². The Labute approximate surface area is 131 Å². The molecule has 2 N–H and O–H groups in total. The van der Waals surface area contributed by atoms with E-state index >= 15 is 0 Å². The Kier molecular flexibility index (Phi) is 8.98. The van der Waals surface area contributed by atoms with Gasteiger partial charge in [-0.1, -0.05) is 19.1 Å². The molecule has 0 radical (unpaired) electrons. The van der Waals surface area contributed by atoms with Crippen LogP contribution in [0.25, 0.3) is 0 Å². The summed E-state index contributed by atoms with van der Waals surface area (Å²) in [4.78, 5) is 4.47. The van der Waals surface area contributed by atoms with Crippen LogP contribution in [0.15, 0.2) is 29.3 Å². The number of halogens is 1. The van der Waals surface area contributed by atoms with Crippen LogP contribution in [0.4, 0.5) is 4.39 Å². The van der Waals surface area contributed by atoms with Crippen LogP contribution >= 0.6 is 0 Å². The van der Waals surface area contributed by atoms with Crippen molar-refractivity contribution in [1.29, 1.82) is 0 Å². The van der Waals surface area contributed by atoms with Gasteiger partial charge in [0.05, 0.1) is 13.2 Å². The quantitative estimate of drug-likeness (QED) is 0.417. The van der Waals surface area contributed by atoms with Gasteiger partial charge in [0.25, 0.3) is 0 Å². The lowest BCUT2D eigenvalue weighted by molar-refractivity contribution is 0.196. The standard InChI is InChI=1S/C16H26FN3O2/c1-4-13(22-15-9-7-6-8-14(15)17)12-20-16(18-5-2)19-10-11-21-3/h6-9,13H,4-5,10-12H2,1-3H3,(H2,18,19,20). The molecule has 6 heteroatoms. The van der Waals surface area contributed by atoms with Gasteiger partial charge in [0.1, 0.15) is 6.10 Å². The first-order chi connectivity index (χ1) is 10.7. The summed E-state index contributed by atoms with van der Waals surface area (Å²) in [5.74, 6) is 0.618. The normalized spacial score (nSPS) is 12.8. The number of benzene rings is 1. The molecule has 0 amide bonds. The Bertz CT molecular complexity index is 455. The molecule has 0 fully saturated rings. The third kappa shape index (κ3) is 6.76. The third-order valence-corrected chi connectivity index (χ3v) is 2.98. The summed E-state index contributed by atoms with van der Waals surface area (Å²) < 4.78 is 24.3. The molecule has 1 unspecified atom stereocenters. The second-order valence-electron chi connectivity index (χ2n) is 4.72. The van der Waals surface area contributed by atoms with E-state index in [1.165, 1.54) is 6.07 Å². The smallest absolute Gasteiger partial charge is 0.191 e. The molecule has 0 saturated heterocycles. The van der Waals surface area contributed by atoms with Crippen molar-refractivity contribution in [3.05, 3.63) is 30.1 Å². The van der Waals surface area contributed by atoms with Crippen LogP contribution in [0.3, 0.4) is 0 Å². The number of nitrogens with one attached hydrogen (secondary N) is 2. The van der Waals surface area contributed by atoms with Gasteiger partial charge in [-0.2, -0.15) is 0 Å². The number of hydrogen-bond donors (Lipinski definition) is 2. The van der Waals surface area contributed by atoms with Crippen LogP contribution in [0, 0.1) is 5.82 Å². The molecule has 0 aliphatic carbocycles. The monoisotopic (exact) mass is 311 g/mol. The fourth-order valence-electron chi connectivity index (χ4n) is 1.78. The molecule has 0 bridgehead atoms. The highest BCUT2D eigenvalue weighted by molar-refractivity contribution is 5.79. The van der Waals surface area contributed by atoms with E-state index in [1.807, 2.05) is 13.8 Å². The SMILES string of the molecule is CCNC(=NCC(CC)Oc1ccccc1F)NCCOC. The minimum atomic E-state index is -0.352. The van der Waals surface area contributed by atoms with Crippen molar-refractivity contribution < 1.29 is 13.9 Å². The highest BCUT2D eigenvalue weighted by Gasteiger charge is 2.11. The van der Waals surface area contributed by atoms with E-state index in [1.54, 1.807) is 25.3 Å². The molecule has 1 atom stereocenters. The van der Waals surface area contributed by atoms with Gasteiger partial charge in [0.15, 0.2) is 17.5 Å². The van der Waals surface area contributed by atoms with Crippen LogP contribution < -0.4 is 15.4 Å². The molecule has 22 heavy (non-hydrogen) atoms. The summed E-state index contributed by atoms with van der Waals surface area (Å²) in [5, 5.41) is 6.31. The van der Waals surface area contributed by atoms with Crippen LogP contribution in [-0.4, -0.2) is 45.4 Å². The Morgan fingerprint density at radius 2 is 2.05 bits per heavy atom. The average molecular weight is 311 g/mol. The number of ether oxygens (including phenoxy) is 2. The first-order valence-electron chi connectivity index (χ1n) is 7.63. The minimum Gasteiger partial charge on any atom is -0.485 e. The van der Waals surface area contributed by atoms with E-state index in [0.717, 1.165) is 13.0 Å². The van der Waals surface area contributed by atoms with E-state index in [9.17, 15) is 4.39 Å². The predicted octanol–water partition coefficient (Wildman–Crippen LogP) is 2.18. The van der Waals surface area contributed by atoms with Crippen LogP contribution in [0.1, 0.15) is 20.3 Å². The van der Waals surface area contributed by atoms with Gasteiger partial charge in [-0.05, 0) is 25.5 Å². The molecule has 5 nitrogen and oxygen atoms in total. The summed E-state index contributed by atoms with van der Waals surface area (Å²) >= 11 is 0. The second-order valence-corrected chi connectivity index (χ2v) is 4.72. The molecule has 1 rings (SSSR count). The largest absolute Gasteiger partial charge is 0.485 e. The average Bonchev–Trinajstić information content (AvgIpc) is 2.53. The molecular formula is C16H26FN3O2. The van der Waals surface area contributed by atoms with Crippen molar-refractivity contribution in [2.24, 2.45) is 4.99 Å². The van der Waals surface area contributed by atoms with Gasteiger partial charge in [0.2, 0.25) is 0 Å². The molecular weight excluding hydrogens is 285 g/mol. The van der Waals surface area contributed by atoms with Crippen molar-refractivity contribution in [3.8, 4) is 5.75 Å². The van der Waals surface area contributed by atoms with E-state index in [-0.39, 0.29) is 17.7 Å². The van der Waals surface area contributed by atoms with Gasteiger partial charge < -0.3 is 20.1 Å². The lowest BCUT2D eigenvalue weighted by Crippen LogP contribution is -2.39. The van der Waals surface area contributed by atoms with Crippen molar-refractivity contribution >= 4 is 5.96 Å². The number of methoxy groups -OCH3 is 1. The number of guanidine groups is 1. The van der Waals surface area contributed by atoms with Crippen LogP contribution in [0.2, 0.25) is 0 Å². The number of nitrogens with zero attached hydrogens (tertiary/aromatic N) is 1. The summed E-state index contributed by atoms with van der Waals surface area (Å²) in [6.07, 6.45) is 0.574. The highest BCUT2D eigenvalue weighted by Crippen LogP contribution is 2.18. The topological polar surface area (TPSA) is 54.9 Å². The van der Waals surface area contributed by atoms with Crippen molar-refractivity contribution in [3.63, 3.8) is 0 Å². The predicted molar refractivity (Wildman–Crippen MR) is 87.0 cm³/mol. The summed E-state index contributed by atoms with van der Waals surface area (Å²) in [6.45, 7) is 6.49. The van der Waals surface area contributed by atoms with Crippen molar-refractivity contribution in [2.45, 2.75) is 26.4 Å². The molecule has 1 aromatic carbocycles. The zero-order valence-electron chi connectivity index (χ0n) is 13.6.